The Balaban J connectivity index is 2.21. The minimum absolute atomic E-state index is 0.875. The highest BCUT2D eigenvalue weighted by atomic mass is 32.1. The van der Waals surface area contributed by atoms with E-state index in [0.717, 1.165) is 12.3 Å². The van der Waals surface area contributed by atoms with E-state index < -0.39 is 0 Å². The Kier molecular flexibility index (Phi) is 3.96. The lowest BCUT2D eigenvalue weighted by Crippen LogP contribution is -1.97. The molecule has 1 rings (SSSR count). The number of thiocarbonyl (C=S) groups is 1. The maximum Gasteiger partial charge on any atom is 0.0294 e. The standard InChI is InChI=1S/C9H15S/c10-8-7-9-5-3-1-2-4-6-9/h9H,1-7H2. The predicted molar refractivity (Wildman–Crippen MR) is 48.4 cm³/mol. The molecule has 1 aliphatic carbocycles. The van der Waals surface area contributed by atoms with E-state index in [9.17, 15) is 0 Å². The first-order chi connectivity index (χ1) is 4.93. The molecular formula is C9H15S. The van der Waals surface area contributed by atoms with Crippen LogP contribution in [-0.4, -0.2) is 5.37 Å². The highest BCUT2D eigenvalue weighted by Crippen LogP contribution is 2.24. The second-order valence-corrected chi connectivity index (χ2v) is 3.49. The van der Waals surface area contributed by atoms with Crippen molar-refractivity contribution in [3.8, 4) is 0 Å². The van der Waals surface area contributed by atoms with Gasteiger partial charge in [-0.15, -0.1) is 0 Å². The average Bonchev–Trinajstić information content (AvgIpc) is 2.17. The van der Waals surface area contributed by atoms with Crippen molar-refractivity contribution in [1.29, 1.82) is 0 Å². The molecule has 0 atom stereocenters. The van der Waals surface area contributed by atoms with Gasteiger partial charge < -0.3 is 0 Å². The molecule has 0 saturated heterocycles. The Bertz CT molecular complexity index is 90.9. The van der Waals surface area contributed by atoms with E-state index in [-0.39, 0.29) is 0 Å². The van der Waals surface area contributed by atoms with Crippen molar-refractivity contribution in [2.45, 2.75) is 44.9 Å². The van der Waals surface area contributed by atoms with Crippen LogP contribution >= 0.6 is 12.2 Å². The lowest BCUT2D eigenvalue weighted by Gasteiger charge is -2.08. The van der Waals surface area contributed by atoms with E-state index in [4.69, 9.17) is 12.2 Å². The van der Waals surface area contributed by atoms with Gasteiger partial charge in [-0.25, -0.2) is 0 Å². The third-order valence-electron chi connectivity index (χ3n) is 2.35. The topological polar surface area (TPSA) is 0 Å². The third-order valence-corrected chi connectivity index (χ3v) is 2.51. The Labute approximate surface area is 69.0 Å². The summed E-state index contributed by atoms with van der Waals surface area (Å²) in [5, 5.41) is 2.85. The Morgan fingerprint density at radius 3 is 2.20 bits per heavy atom. The maximum absolute atomic E-state index is 4.73. The fourth-order valence-electron chi connectivity index (χ4n) is 1.69. The zero-order valence-corrected chi connectivity index (χ0v) is 7.25. The molecule has 1 radical (unpaired) electrons. The first kappa shape index (κ1) is 8.19. The second kappa shape index (κ2) is 4.84. The summed E-state index contributed by atoms with van der Waals surface area (Å²) in [6.07, 6.45) is 9.55. The Morgan fingerprint density at radius 1 is 1.10 bits per heavy atom. The quantitative estimate of drug-likeness (QED) is 0.436. The number of hydrogen-bond donors (Lipinski definition) is 0. The normalized spacial score (nSPS) is 22.0. The molecule has 0 amide bonds. The summed E-state index contributed by atoms with van der Waals surface area (Å²) >= 11 is 4.73. The van der Waals surface area contributed by atoms with Crippen LogP contribution in [-0.2, 0) is 0 Å². The van der Waals surface area contributed by atoms with Gasteiger partial charge in [-0.3, -0.25) is 0 Å². The molecule has 0 nitrogen and oxygen atoms in total. The zero-order valence-electron chi connectivity index (χ0n) is 6.44. The minimum atomic E-state index is 0.875. The van der Waals surface area contributed by atoms with Crippen LogP contribution in [0.3, 0.4) is 0 Å². The molecule has 0 bridgehead atoms. The van der Waals surface area contributed by atoms with Crippen molar-refractivity contribution in [2.75, 3.05) is 0 Å². The van der Waals surface area contributed by atoms with Crippen LogP contribution < -0.4 is 0 Å². The minimum Gasteiger partial charge on any atom is -0.0837 e. The molecule has 57 valence electrons. The molecule has 0 heterocycles. The molecule has 0 aliphatic heterocycles. The van der Waals surface area contributed by atoms with Crippen molar-refractivity contribution in [3.05, 3.63) is 0 Å². The lowest BCUT2D eigenvalue weighted by molar-refractivity contribution is 0.481. The van der Waals surface area contributed by atoms with Gasteiger partial charge in [0.2, 0.25) is 0 Å². The van der Waals surface area contributed by atoms with Gasteiger partial charge in [0, 0.05) is 5.37 Å². The summed E-state index contributed by atoms with van der Waals surface area (Å²) in [6.45, 7) is 0. The average molecular weight is 155 g/mol. The smallest absolute Gasteiger partial charge is 0.0294 e. The molecule has 1 fully saturated rings. The summed E-state index contributed by atoms with van der Waals surface area (Å²) < 4.78 is 0. The van der Waals surface area contributed by atoms with E-state index in [1.165, 1.54) is 38.5 Å². The van der Waals surface area contributed by atoms with Crippen LogP contribution in [0.1, 0.15) is 44.9 Å². The molecule has 1 heteroatoms. The highest BCUT2D eigenvalue weighted by molar-refractivity contribution is 7.78. The van der Waals surface area contributed by atoms with Gasteiger partial charge in [0.1, 0.15) is 0 Å². The monoisotopic (exact) mass is 155 g/mol. The molecule has 1 aliphatic rings. The van der Waals surface area contributed by atoms with Gasteiger partial charge in [-0.2, -0.15) is 0 Å². The van der Waals surface area contributed by atoms with Crippen molar-refractivity contribution in [3.63, 3.8) is 0 Å². The zero-order chi connectivity index (χ0) is 7.23. The largest absolute Gasteiger partial charge is 0.0837 e. The molecule has 1 saturated carbocycles. The molecular weight excluding hydrogens is 140 g/mol. The Morgan fingerprint density at radius 2 is 1.70 bits per heavy atom. The predicted octanol–water partition coefficient (Wildman–Crippen LogP) is 3.22. The van der Waals surface area contributed by atoms with Crippen LogP contribution in [0.5, 0.6) is 0 Å². The van der Waals surface area contributed by atoms with Crippen molar-refractivity contribution in [1.82, 2.24) is 0 Å². The molecule has 0 aromatic heterocycles. The summed E-state index contributed by atoms with van der Waals surface area (Å²) in [5.41, 5.74) is 0. The van der Waals surface area contributed by atoms with Crippen LogP contribution in [0.15, 0.2) is 0 Å². The van der Waals surface area contributed by atoms with E-state index in [0.29, 0.717) is 0 Å². The summed E-state index contributed by atoms with van der Waals surface area (Å²) in [6, 6.07) is 0. The lowest BCUT2D eigenvalue weighted by atomic mass is 9.98. The van der Waals surface area contributed by atoms with E-state index >= 15 is 0 Å². The van der Waals surface area contributed by atoms with Crippen LogP contribution in [0.4, 0.5) is 0 Å². The number of rotatable bonds is 2. The molecule has 0 spiro atoms. The van der Waals surface area contributed by atoms with Crippen LogP contribution in [0.2, 0.25) is 0 Å². The summed E-state index contributed by atoms with van der Waals surface area (Å²) in [5.74, 6) is 0.875. The SMILES string of the molecule is S=[C]CC1CCCCCC1. The molecule has 10 heavy (non-hydrogen) atoms. The van der Waals surface area contributed by atoms with E-state index in [1.807, 2.05) is 0 Å². The van der Waals surface area contributed by atoms with E-state index in [2.05, 4.69) is 5.37 Å². The molecule has 0 aromatic rings. The first-order valence-corrected chi connectivity index (χ1v) is 4.69. The van der Waals surface area contributed by atoms with Gasteiger partial charge in [-0.05, 0) is 12.3 Å². The molecule has 0 unspecified atom stereocenters. The summed E-state index contributed by atoms with van der Waals surface area (Å²) in [4.78, 5) is 0. The fraction of sp³-hybridized carbons (Fsp3) is 0.889. The van der Waals surface area contributed by atoms with Crippen molar-refractivity contribution >= 4 is 17.6 Å². The van der Waals surface area contributed by atoms with Gasteiger partial charge in [-0.1, -0.05) is 50.7 Å². The Hall–Kier alpha value is 0.0900. The maximum atomic E-state index is 4.73. The van der Waals surface area contributed by atoms with Gasteiger partial charge >= 0.3 is 0 Å². The summed E-state index contributed by atoms with van der Waals surface area (Å²) in [7, 11) is 0. The third kappa shape index (κ3) is 2.78. The van der Waals surface area contributed by atoms with Crippen LogP contribution in [0, 0.1) is 5.92 Å². The second-order valence-electron chi connectivity index (χ2n) is 3.21. The highest BCUT2D eigenvalue weighted by Gasteiger charge is 2.09. The van der Waals surface area contributed by atoms with Crippen molar-refractivity contribution in [2.24, 2.45) is 5.92 Å². The van der Waals surface area contributed by atoms with Gasteiger partial charge in [0.25, 0.3) is 0 Å². The van der Waals surface area contributed by atoms with Gasteiger partial charge in [0.15, 0.2) is 0 Å². The van der Waals surface area contributed by atoms with E-state index in [1.54, 1.807) is 0 Å². The first-order valence-electron chi connectivity index (χ1n) is 4.28. The van der Waals surface area contributed by atoms with Crippen molar-refractivity contribution < 1.29 is 0 Å². The fourth-order valence-corrected chi connectivity index (χ4v) is 1.92. The number of hydrogen-bond acceptors (Lipinski definition) is 1. The molecule has 0 aromatic carbocycles. The van der Waals surface area contributed by atoms with Crippen LogP contribution in [0.25, 0.3) is 0 Å². The van der Waals surface area contributed by atoms with Gasteiger partial charge in [0.05, 0.1) is 0 Å². The molecule has 0 N–H and O–H groups in total.